The predicted octanol–water partition coefficient (Wildman–Crippen LogP) is 3.98. The number of β-amino-alcohol motifs (C(OH)–C–C–N with tert-alkyl or cyclic N) is 1. The Kier molecular flexibility index (Phi) is 10.4. The van der Waals surface area contributed by atoms with Crippen LogP contribution in [0.25, 0.3) is 0 Å². The standard InChI is InChI=1S/C20H33N3O2.C2HF3O2/c1-6-18(24)13-22-7-9-23(10-8-22)20(25)21-19-15(4)11-17(14(2)3)12-16(19)5;3-2(4,5)1(6)7/h11-12,14,18,24H,6-10,13H2,1-5H3,(H,21,25);(H,6,7)/t18-;/m0./s1. The molecular weight excluding hydrogens is 427 g/mol. The van der Waals surface area contributed by atoms with E-state index in [-0.39, 0.29) is 12.1 Å². The van der Waals surface area contributed by atoms with E-state index in [4.69, 9.17) is 9.90 Å². The third kappa shape index (κ3) is 8.66. The predicted molar refractivity (Wildman–Crippen MR) is 117 cm³/mol. The smallest absolute Gasteiger partial charge is 0.475 e. The van der Waals surface area contributed by atoms with Crippen molar-refractivity contribution in [3.8, 4) is 0 Å². The SMILES string of the molecule is CC[C@H](O)CN1CCN(C(=O)Nc2c(C)cc(C(C)C)cc2C)CC1.O=C(O)C(F)(F)F. The van der Waals surface area contributed by atoms with E-state index in [2.05, 4.69) is 50.0 Å². The summed E-state index contributed by atoms with van der Waals surface area (Å²) in [5.41, 5.74) is 4.46. The molecule has 1 aromatic carbocycles. The fourth-order valence-electron chi connectivity index (χ4n) is 3.27. The maximum Gasteiger partial charge on any atom is 0.490 e. The number of piperazine rings is 1. The summed E-state index contributed by atoms with van der Waals surface area (Å²) in [5.74, 6) is -2.28. The Morgan fingerprint density at radius 2 is 1.56 bits per heavy atom. The quantitative estimate of drug-likeness (QED) is 0.617. The maximum atomic E-state index is 12.6. The van der Waals surface area contributed by atoms with Gasteiger partial charge in [-0.3, -0.25) is 4.90 Å². The van der Waals surface area contributed by atoms with Crippen molar-refractivity contribution >= 4 is 17.7 Å². The average Bonchev–Trinajstić information content (AvgIpc) is 2.70. The number of amides is 2. The van der Waals surface area contributed by atoms with E-state index in [1.165, 1.54) is 5.56 Å². The number of aryl methyl sites for hydroxylation is 2. The first-order valence-corrected chi connectivity index (χ1v) is 10.6. The minimum atomic E-state index is -5.08. The Labute approximate surface area is 187 Å². The molecule has 2 rings (SSSR count). The number of alkyl halides is 3. The number of urea groups is 1. The van der Waals surface area contributed by atoms with E-state index in [0.717, 1.165) is 36.3 Å². The van der Waals surface area contributed by atoms with E-state index < -0.39 is 12.1 Å². The molecule has 0 saturated carbocycles. The van der Waals surface area contributed by atoms with Crippen LogP contribution in [0.15, 0.2) is 12.1 Å². The number of carbonyl (C=O) groups excluding carboxylic acids is 1. The highest BCUT2D eigenvalue weighted by molar-refractivity contribution is 5.91. The molecular formula is C22H34F3N3O4. The molecule has 0 radical (unpaired) electrons. The Morgan fingerprint density at radius 3 is 1.94 bits per heavy atom. The number of hydrogen-bond acceptors (Lipinski definition) is 4. The Morgan fingerprint density at radius 1 is 1.09 bits per heavy atom. The van der Waals surface area contributed by atoms with Crippen molar-refractivity contribution in [2.75, 3.05) is 38.0 Å². The number of nitrogens with one attached hydrogen (secondary N) is 1. The normalized spacial score (nSPS) is 15.8. The number of carboxylic acid groups (broad SMARTS) is 1. The van der Waals surface area contributed by atoms with Crippen LogP contribution in [0, 0.1) is 13.8 Å². The minimum absolute atomic E-state index is 0.0285. The summed E-state index contributed by atoms with van der Waals surface area (Å²) < 4.78 is 31.7. The van der Waals surface area contributed by atoms with Gasteiger partial charge in [0, 0.05) is 38.4 Å². The molecule has 1 aliphatic heterocycles. The third-order valence-corrected chi connectivity index (χ3v) is 5.30. The molecule has 1 fully saturated rings. The van der Waals surface area contributed by atoms with Gasteiger partial charge in [-0.25, -0.2) is 9.59 Å². The monoisotopic (exact) mass is 461 g/mol. The van der Waals surface area contributed by atoms with E-state index in [9.17, 15) is 23.1 Å². The summed E-state index contributed by atoms with van der Waals surface area (Å²) in [4.78, 5) is 25.6. The lowest BCUT2D eigenvalue weighted by molar-refractivity contribution is -0.192. The average molecular weight is 462 g/mol. The van der Waals surface area contributed by atoms with Crippen molar-refractivity contribution in [1.82, 2.24) is 9.80 Å². The van der Waals surface area contributed by atoms with E-state index in [1.54, 1.807) is 0 Å². The van der Waals surface area contributed by atoms with Crippen molar-refractivity contribution in [3.63, 3.8) is 0 Å². The fraction of sp³-hybridized carbons (Fsp3) is 0.636. The number of halogens is 3. The van der Waals surface area contributed by atoms with Crippen LogP contribution in [0.3, 0.4) is 0 Å². The van der Waals surface area contributed by atoms with Crippen LogP contribution < -0.4 is 5.32 Å². The van der Waals surface area contributed by atoms with Crippen molar-refractivity contribution in [2.45, 2.75) is 59.2 Å². The van der Waals surface area contributed by atoms with Gasteiger partial charge in [-0.2, -0.15) is 13.2 Å². The lowest BCUT2D eigenvalue weighted by Crippen LogP contribution is -2.51. The molecule has 0 aliphatic carbocycles. The molecule has 0 bridgehead atoms. The minimum Gasteiger partial charge on any atom is -0.475 e. The molecule has 0 spiro atoms. The molecule has 32 heavy (non-hydrogen) atoms. The van der Waals surface area contributed by atoms with Crippen molar-refractivity contribution in [2.24, 2.45) is 0 Å². The van der Waals surface area contributed by atoms with Gasteiger partial charge in [0.05, 0.1) is 6.10 Å². The largest absolute Gasteiger partial charge is 0.490 e. The van der Waals surface area contributed by atoms with Gasteiger partial charge in [0.25, 0.3) is 0 Å². The van der Waals surface area contributed by atoms with Crippen LogP contribution in [0.5, 0.6) is 0 Å². The van der Waals surface area contributed by atoms with Gasteiger partial charge in [-0.1, -0.05) is 32.9 Å². The van der Waals surface area contributed by atoms with Gasteiger partial charge in [0.15, 0.2) is 0 Å². The summed E-state index contributed by atoms with van der Waals surface area (Å²) in [5, 5.41) is 20.0. The summed E-state index contributed by atoms with van der Waals surface area (Å²) in [6, 6.07) is 4.30. The number of benzene rings is 1. The first-order chi connectivity index (χ1) is 14.8. The highest BCUT2D eigenvalue weighted by atomic mass is 19.4. The molecule has 3 N–H and O–H groups in total. The second-order valence-electron chi connectivity index (χ2n) is 8.27. The Hall–Kier alpha value is -2.33. The zero-order valence-corrected chi connectivity index (χ0v) is 19.3. The first kappa shape index (κ1) is 27.7. The summed E-state index contributed by atoms with van der Waals surface area (Å²) in [7, 11) is 0. The van der Waals surface area contributed by atoms with Gasteiger partial charge < -0.3 is 20.4 Å². The second-order valence-corrected chi connectivity index (χ2v) is 8.27. The molecule has 0 unspecified atom stereocenters. The van der Waals surface area contributed by atoms with E-state index >= 15 is 0 Å². The van der Waals surface area contributed by atoms with Crippen molar-refractivity contribution < 1.29 is 33.0 Å². The van der Waals surface area contributed by atoms with Gasteiger partial charge in [-0.05, 0) is 42.9 Å². The molecule has 1 saturated heterocycles. The van der Waals surface area contributed by atoms with Crippen molar-refractivity contribution in [3.05, 3.63) is 28.8 Å². The molecule has 1 atom stereocenters. The Bertz CT molecular complexity index is 753. The van der Waals surface area contributed by atoms with Crippen LogP contribution >= 0.6 is 0 Å². The van der Waals surface area contributed by atoms with E-state index in [1.807, 2.05) is 11.8 Å². The zero-order chi connectivity index (χ0) is 24.6. The molecule has 1 heterocycles. The number of anilines is 1. The maximum absolute atomic E-state index is 12.6. The number of nitrogens with zero attached hydrogens (tertiary/aromatic N) is 2. The van der Waals surface area contributed by atoms with Gasteiger partial charge >= 0.3 is 18.2 Å². The number of rotatable bonds is 5. The summed E-state index contributed by atoms with van der Waals surface area (Å²) in [6.45, 7) is 14.2. The zero-order valence-electron chi connectivity index (χ0n) is 19.3. The summed E-state index contributed by atoms with van der Waals surface area (Å²) in [6.07, 6.45) is -4.59. The number of aliphatic carboxylic acids is 1. The van der Waals surface area contributed by atoms with Gasteiger partial charge in [0.1, 0.15) is 0 Å². The lowest BCUT2D eigenvalue weighted by atomic mass is 9.97. The number of aliphatic hydroxyl groups is 1. The second kappa shape index (κ2) is 12.1. The first-order valence-electron chi connectivity index (χ1n) is 10.6. The van der Waals surface area contributed by atoms with Crippen LogP contribution in [-0.2, 0) is 4.79 Å². The number of carboxylic acids is 1. The third-order valence-electron chi connectivity index (χ3n) is 5.30. The molecule has 7 nitrogen and oxygen atoms in total. The van der Waals surface area contributed by atoms with Crippen LogP contribution in [-0.4, -0.2) is 77.0 Å². The van der Waals surface area contributed by atoms with Crippen LogP contribution in [0.2, 0.25) is 0 Å². The van der Waals surface area contributed by atoms with Gasteiger partial charge in [-0.15, -0.1) is 0 Å². The molecule has 1 aromatic rings. The number of carbonyl (C=O) groups is 2. The van der Waals surface area contributed by atoms with E-state index in [0.29, 0.717) is 25.6 Å². The molecule has 1 aliphatic rings. The van der Waals surface area contributed by atoms with Crippen LogP contribution in [0.1, 0.15) is 49.8 Å². The number of aliphatic hydroxyl groups excluding tert-OH is 1. The highest BCUT2D eigenvalue weighted by Crippen LogP contribution is 2.26. The Balaban J connectivity index is 0.000000633. The highest BCUT2D eigenvalue weighted by Gasteiger charge is 2.38. The van der Waals surface area contributed by atoms with Crippen molar-refractivity contribution in [1.29, 1.82) is 0 Å². The number of hydrogen-bond donors (Lipinski definition) is 3. The molecule has 182 valence electrons. The van der Waals surface area contributed by atoms with Crippen LogP contribution in [0.4, 0.5) is 23.7 Å². The molecule has 0 aromatic heterocycles. The van der Waals surface area contributed by atoms with Gasteiger partial charge in [0.2, 0.25) is 0 Å². The molecule has 10 heteroatoms. The molecule has 2 amide bonds. The topological polar surface area (TPSA) is 93.1 Å². The summed E-state index contributed by atoms with van der Waals surface area (Å²) >= 11 is 0. The fourth-order valence-corrected chi connectivity index (χ4v) is 3.27. The lowest BCUT2D eigenvalue weighted by Gasteiger charge is -2.35.